The van der Waals surface area contributed by atoms with Crippen LogP contribution in [-0.2, 0) is 0 Å². The fourth-order valence-electron chi connectivity index (χ4n) is 0.684. The van der Waals surface area contributed by atoms with Gasteiger partial charge in [-0.1, -0.05) is 0 Å². The summed E-state index contributed by atoms with van der Waals surface area (Å²) < 4.78 is 0.333. The van der Waals surface area contributed by atoms with Gasteiger partial charge in [-0.15, -0.1) is 23.5 Å². The second-order valence-electron chi connectivity index (χ2n) is 2.68. The zero-order chi connectivity index (χ0) is 6.91. The van der Waals surface area contributed by atoms with Gasteiger partial charge in [-0.25, -0.2) is 0 Å². The first-order chi connectivity index (χ1) is 4.10. The van der Waals surface area contributed by atoms with E-state index in [1.807, 2.05) is 23.5 Å². The van der Waals surface area contributed by atoms with Crippen LogP contribution >= 0.6 is 23.5 Å². The minimum absolute atomic E-state index is 0.0759. The molecule has 1 nitrogen and oxygen atoms in total. The molecular weight excluding hydrogens is 152 g/mol. The van der Waals surface area contributed by atoms with E-state index in [9.17, 15) is 0 Å². The molecule has 1 N–H and O–H groups in total. The lowest BCUT2D eigenvalue weighted by Crippen LogP contribution is -2.26. The van der Waals surface area contributed by atoms with Crippen molar-refractivity contribution < 1.29 is 5.11 Å². The van der Waals surface area contributed by atoms with E-state index in [4.69, 9.17) is 5.11 Å². The molecule has 0 saturated carbocycles. The first-order valence-corrected chi connectivity index (χ1v) is 5.03. The molecule has 1 rings (SSSR count). The summed E-state index contributed by atoms with van der Waals surface area (Å²) in [6.07, 6.45) is -0.0759. The van der Waals surface area contributed by atoms with Gasteiger partial charge >= 0.3 is 0 Å². The highest BCUT2D eigenvalue weighted by molar-refractivity contribution is 8.18. The van der Waals surface area contributed by atoms with Gasteiger partial charge in [0.15, 0.2) is 0 Å². The molecule has 1 aliphatic heterocycles. The molecule has 0 aromatic carbocycles. The molecule has 54 valence electrons. The van der Waals surface area contributed by atoms with Crippen molar-refractivity contribution in [2.24, 2.45) is 0 Å². The second kappa shape index (κ2) is 2.72. The van der Waals surface area contributed by atoms with Crippen LogP contribution < -0.4 is 0 Å². The maximum atomic E-state index is 9.10. The third kappa shape index (κ3) is 2.40. The van der Waals surface area contributed by atoms with Crippen molar-refractivity contribution in [1.82, 2.24) is 0 Å². The van der Waals surface area contributed by atoms with Crippen LogP contribution in [0.25, 0.3) is 0 Å². The fourth-order valence-corrected chi connectivity index (χ4v) is 3.00. The molecule has 0 radical (unpaired) electrons. The number of aliphatic hydroxyl groups is 1. The van der Waals surface area contributed by atoms with Crippen LogP contribution in [0, 0.1) is 0 Å². The highest BCUT2D eigenvalue weighted by Gasteiger charge is 2.26. The van der Waals surface area contributed by atoms with E-state index in [2.05, 4.69) is 13.8 Å². The van der Waals surface area contributed by atoms with Gasteiger partial charge in [0.2, 0.25) is 0 Å². The average molecular weight is 164 g/mol. The molecule has 1 aliphatic rings. The first-order valence-electron chi connectivity index (χ1n) is 3.06. The fraction of sp³-hybridized carbons (Fsp3) is 1.00. The summed E-state index contributed by atoms with van der Waals surface area (Å²) in [4.78, 5) is 0. The quantitative estimate of drug-likeness (QED) is 0.587. The molecule has 0 unspecified atom stereocenters. The van der Waals surface area contributed by atoms with Crippen LogP contribution in [-0.4, -0.2) is 26.8 Å². The molecular formula is C6H12OS2. The molecule has 0 aromatic heterocycles. The van der Waals surface area contributed by atoms with Crippen molar-refractivity contribution in [3.63, 3.8) is 0 Å². The van der Waals surface area contributed by atoms with Crippen LogP contribution in [0.3, 0.4) is 0 Å². The molecule has 0 spiro atoms. The predicted octanol–water partition coefficient (Wildman–Crippen LogP) is 1.56. The van der Waals surface area contributed by atoms with E-state index in [0.717, 1.165) is 11.5 Å². The SMILES string of the molecule is CC1(C)SCC(O)CS1. The van der Waals surface area contributed by atoms with E-state index < -0.39 is 0 Å². The Kier molecular flexibility index (Phi) is 2.35. The topological polar surface area (TPSA) is 20.2 Å². The summed E-state index contributed by atoms with van der Waals surface area (Å²) in [5, 5.41) is 9.10. The summed E-state index contributed by atoms with van der Waals surface area (Å²) >= 11 is 3.68. The summed E-state index contributed by atoms with van der Waals surface area (Å²) in [6, 6.07) is 0. The summed E-state index contributed by atoms with van der Waals surface area (Å²) in [5.41, 5.74) is 0. The molecule has 1 fully saturated rings. The molecule has 0 aliphatic carbocycles. The Hall–Kier alpha value is 0.660. The Morgan fingerprint density at radius 3 is 2.11 bits per heavy atom. The monoisotopic (exact) mass is 164 g/mol. The van der Waals surface area contributed by atoms with Crippen LogP contribution in [0.5, 0.6) is 0 Å². The smallest absolute Gasteiger partial charge is 0.0721 e. The highest BCUT2D eigenvalue weighted by atomic mass is 32.2. The van der Waals surface area contributed by atoms with Crippen LogP contribution in [0.15, 0.2) is 0 Å². The standard InChI is InChI=1S/C6H12OS2/c1-6(2)8-3-5(7)4-9-6/h5,7H,3-4H2,1-2H3. The molecule has 0 amide bonds. The van der Waals surface area contributed by atoms with E-state index in [0.29, 0.717) is 4.08 Å². The number of hydrogen-bond donors (Lipinski definition) is 1. The van der Waals surface area contributed by atoms with Crippen molar-refractivity contribution >= 4 is 23.5 Å². The van der Waals surface area contributed by atoms with Crippen molar-refractivity contribution in [2.45, 2.75) is 24.0 Å². The van der Waals surface area contributed by atoms with Gasteiger partial charge in [0.1, 0.15) is 0 Å². The van der Waals surface area contributed by atoms with E-state index in [1.54, 1.807) is 0 Å². The van der Waals surface area contributed by atoms with Gasteiger partial charge in [0.05, 0.1) is 10.2 Å². The number of hydrogen-bond acceptors (Lipinski definition) is 3. The Bertz CT molecular complexity index is 93.2. The number of thioether (sulfide) groups is 2. The van der Waals surface area contributed by atoms with Gasteiger partial charge in [0, 0.05) is 11.5 Å². The second-order valence-corrected chi connectivity index (χ2v) is 6.22. The molecule has 1 heterocycles. The van der Waals surface area contributed by atoms with Crippen molar-refractivity contribution in [1.29, 1.82) is 0 Å². The lowest BCUT2D eigenvalue weighted by molar-refractivity contribution is 0.223. The maximum absolute atomic E-state index is 9.10. The van der Waals surface area contributed by atoms with Crippen molar-refractivity contribution in [3.05, 3.63) is 0 Å². The normalized spacial score (nSPS) is 28.3. The molecule has 1 saturated heterocycles. The van der Waals surface area contributed by atoms with Gasteiger partial charge in [-0.3, -0.25) is 0 Å². The Morgan fingerprint density at radius 2 is 1.78 bits per heavy atom. The molecule has 0 aromatic rings. The van der Waals surface area contributed by atoms with E-state index in [1.165, 1.54) is 0 Å². The average Bonchev–Trinajstić information content (AvgIpc) is 1.78. The third-order valence-electron chi connectivity index (χ3n) is 1.25. The number of rotatable bonds is 0. The maximum Gasteiger partial charge on any atom is 0.0721 e. The molecule has 3 heteroatoms. The Morgan fingerprint density at radius 1 is 1.33 bits per heavy atom. The minimum Gasteiger partial charge on any atom is -0.391 e. The Labute approximate surface area is 64.6 Å². The number of aliphatic hydroxyl groups excluding tert-OH is 1. The summed E-state index contributed by atoms with van der Waals surface area (Å²) in [6.45, 7) is 4.41. The van der Waals surface area contributed by atoms with Gasteiger partial charge < -0.3 is 5.11 Å². The predicted molar refractivity (Wildman–Crippen MR) is 45.0 cm³/mol. The van der Waals surface area contributed by atoms with E-state index >= 15 is 0 Å². The van der Waals surface area contributed by atoms with Gasteiger partial charge in [-0.05, 0) is 13.8 Å². The lowest BCUT2D eigenvalue weighted by atomic mass is 10.5. The van der Waals surface area contributed by atoms with Gasteiger partial charge in [-0.2, -0.15) is 0 Å². The largest absolute Gasteiger partial charge is 0.391 e. The van der Waals surface area contributed by atoms with Crippen molar-refractivity contribution in [2.75, 3.05) is 11.5 Å². The minimum atomic E-state index is -0.0759. The Balaban J connectivity index is 2.35. The lowest BCUT2D eigenvalue weighted by Gasteiger charge is -2.30. The van der Waals surface area contributed by atoms with E-state index in [-0.39, 0.29) is 6.10 Å². The summed E-state index contributed by atoms with van der Waals surface area (Å²) in [5.74, 6) is 1.81. The van der Waals surface area contributed by atoms with Gasteiger partial charge in [0.25, 0.3) is 0 Å². The summed E-state index contributed by atoms with van der Waals surface area (Å²) in [7, 11) is 0. The van der Waals surface area contributed by atoms with Crippen LogP contribution in [0.1, 0.15) is 13.8 Å². The van der Waals surface area contributed by atoms with Crippen molar-refractivity contribution in [3.8, 4) is 0 Å². The zero-order valence-electron chi connectivity index (χ0n) is 5.76. The molecule has 9 heavy (non-hydrogen) atoms. The third-order valence-corrected chi connectivity index (χ3v) is 4.45. The molecule has 0 bridgehead atoms. The zero-order valence-corrected chi connectivity index (χ0v) is 7.39. The molecule has 0 atom stereocenters. The van der Waals surface area contributed by atoms with Crippen LogP contribution in [0.4, 0.5) is 0 Å². The highest BCUT2D eigenvalue weighted by Crippen LogP contribution is 2.40. The van der Waals surface area contributed by atoms with Crippen LogP contribution in [0.2, 0.25) is 0 Å². The first kappa shape index (κ1) is 7.76.